The van der Waals surface area contributed by atoms with Gasteiger partial charge < -0.3 is 11.1 Å². The van der Waals surface area contributed by atoms with Gasteiger partial charge >= 0.3 is 0 Å². The zero-order valence-corrected chi connectivity index (χ0v) is 11.9. The van der Waals surface area contributed by atoms with Gasteiger partial charge in [0.05, 0.1) is 11.6 Å². The summed E-state index contributed by atoms with van der Waals surface area (Å²) in [5, 5.41) is 2.92. The first-order valence-corrected chi connectivity index (χ1v) is 6.64. The summed E-state index contributed by atoms with van der Waals surface area (Å²) in [5.74, 6) is -0.104. The minimum atomic E-state index is -0.104. The van der Waals surface area contributed by atoms with Crippen LogP contribution in [0.3, 0.4) is 0 Å². The van der Waals surface area contributed by atoms with E-state index >= 15 is 0 Å². The number of rotatable bonds is 5. The number of nitrogens with two attached hydrogens (primary N) is 1. The highest BCUT2D eigenvalue weighted by Crippen LogP contribution is 2.24. The van der Waals surface area contributed by atoms with Crippen molar-refractivity contribution >= 4 is 27.5 Å². The van der Waals surface area contributed by atoms with Crippen molar-refractivity contribution < 1.29 is 4.79 Å². The van der Waals surface area contributed by atoms with Gasteiger partial charge in [-0.15, -0.1) is 0 Å². The van der Waals surface area contributed by atoms with Crippen LogP contribution in [0.25, 0.3) is 0 Å². The molecule has 0 bridgehead atoms. The second-order valence-electron chi connectivity index (χ2n) is 4.19. The van der Waals surface area contributed by atoms with Gasteiger partial charge in [0.15, 0.2) is 0 Å². The maximum Gasteiger partial charge on any atom is 0.228 e. The Labute approximate surface area is 111 Å². The number of carbonyl (C=O) groups excluding carboxylic acids is 1. The molecule has 1 aromatic rings. The summed E-state index contributed by atoms with van der Waals surface area (Å²) in [6, 6.07) is 5.87. The Morgan fingerprint density at radius 2 is 2.24 bits per heavy atom. The lowest BCUT2D eigenvalue weighted by Crippen LogP contribution is -2.29. The van der Waals surface area contributed by atoms with E-state index in [9.17, 15) is 4.79 Å². The van der Waals surface area contributed by atoms with Crippen molar-refractivity contribution in [1.29, 1.82) is 0 Å². The molecule has 94 valence electrons. The van der Waals surface area contributed by atoms with Crippen molar-refractivity contribution in [2.75, 3.05) is 11.9 Å². The van der Waals surface area contributed by atoms with Crippen LogP contribution in [-0.4, -0.2) is 12.5 Å². The summed E-state index contributed by atoms with van der Waals surface area (Å²) in [4.78, 5) is 12.0. The average Bonchev–Trinajstić information content (AvgIpc) is 2.30. The number of benzene rings is 1. The standard InChI is InChI=1S/C13H19BrN2O/c1-3-4-10(8-15)13(17)16-12-7-9(2)5-6-11(12)14/h5-7,10H,3-4,8,15H2,1-2H3,(H,16,17). The zero-order chi connectivity index (χ0) is 12.8. The summed E-state index contributed by atoms with van der Waals surface area (Å²) in [6.07, 6.45) is 1.79. The van der Waals surface area contributed by atoms with Crippen LogP contribution in [0.15, 0.2) is 22.7 Å². The lowest BCUT2D eigenvalue weighted by atomic mass is 10.0. The van der Waals surface area contributed by atoms with Gasteiger partial charge in [-0.2, -0.15) is 0 Å². The van der Waals surface area contributed by atoms with Gasteiger partial charge in [-0.3, -0.25) is 4.79 Å². The van der Waals surface area contributed by atoms with E-state index in [1.54, 1.807) is 0 Å². The molecule has 0 heterocycles. The topological polar surface area (TPSA) is 55.1 Å². The van der Waals surface area contributed by atoms with Crippen LogP contribution in [0, 0.1) is 12.8 Å². The van der Waals surface area contributed by atoms with Gasteiger partial charge in [0.25, 0.3) is 0 Å². The molecule has 0 aromatic heterocycles. The van der Waals surface area contributed by atoms with E-state index in [1.165, 1.54) is 0 Å². The first kappa shape index (κ1) is 14.2. The third-order valence-corrected chi connectivity index (χ3v) is 3.36. The lowest BCUT2D eigenvalue weighted by molar-refractivity contribution is -0.119. The average molecular weight is 299 g/mol. The predicted octanol–water partition coefficient (Wildman–Crippen LogP) is 3.07. The van der Waals surface area contributed by atoms with Gasteiger partial charge in [0.1, 0.15) is 0 Å². The van der Waals surface area contributed by atoms with Gasteiger partial charge in [0, 0.05) is 11.0 Å². The van der Waals surface area contributed by atoms with E-state index in [1.807, 2.05) is 25.1 Å². The van der Waals surface area contributed by atoms with Gasteiger partial charge in [0.2, 0.25) is 5.91 Å². The third-order valence-electron chi connectivity index (χ3n) is 2.67. The summed E-state index contributed by atoms with van der Waals surface area (Å²) in [5.41, 5.74) is 7.53. The van der Waals surface area contributed by atoms with E-state index in [2.05, 4.69) is 28.2 Å². The molecular formula is C13H19BrN2O. The molecule has 17 heavy (non-hydrogen) atoms. The third kappa shape index (κ3) is 4.13. The van der Waals surface area contributed by atoms with E-state index in [4.69, 9.17) is 5.73 Å². The van der Waals surface area contributed by atoms with Crippen LogP contribution in [0.4, 0.5) is 5.69 Å². The molecule has 3 nitrogen and oxygen atoms in total. The summed E-state index contributed by atoms with van der Waals surface area (Å²) in [6.45, 7) is 4.44. The normalized spacial score (nSPS) is 12.2. The maximum atomic E-state index is 12.0. The smallest absolute Gasteiger partial charge is 0.228 e. The molecule has 0 saturated heterocycles. The second-order valence-corrected chi connectivity index (χ2v) is 5.05. The molecule has 0 radical (unpaired) electrons. The van der Waals surface area contributed by atoms with Crippen molar-refractivity contribution in [3.05, 3.63) is 28.2 Å². The van der Waals surface area contributed by atoms with E-state index in [-0.39, 0.29) is 11.8 Å². The Morgan fingerprint density at radius 3 is 2.82 bits per heavy atom. The van der Waals surface area contributed by atoms with Crippen molar-refractivity contribution in [3.8, 4) is 0 Å². The van der Waals surface area contributed by atoms with Crippen LogP contribution in [0.1, 0.15) is 25.3 Å². The van der Waals surface area contributed by atoms with Crippen LogP contribution in [0.2, 0.25) is 0 Å². The summed E-state index contributed by atoms with van der Waals surface area (Å²) in [7, 11) is 0. The highest BCUT2D eigenvalue weighted by atomic mass is 79.9. The minimum Gasteiger partial charge on any atom is -0.330 e. The summed E-state index contributed by atoms with van der Waals surface area (Å²) >= 11 is 3.42. The number of carbonyl (C=O) groups is 1. The first-order chi connectivity index (χ1) is 8.08. The number of nitrogens with one attached hydrogen (secondary N) is 1. The zero-order valence-electron chi connectivity index (χ0n) is 10.3. The highest BCUT2D eigenvalue weighted by Gasteiger charge is 2.16. The Bertz CT molecular complexity index is 393. The highest BCUT2D eigenvalue weighted by molar-refractivity contribution is 9.10. The molecular weight excluding hydrogens is 280 g/mol. The Balaban J connectivity index is 2.76. The largest absolute Gasteiger partial charge is 0.330 e. The van der Waals surface area contributed by atoms with E-state index < -0.39 is 0 Å². The van der Waals surface area contributed by atoms with Crippen molar-refractivity contribution in [1.82, 2.24) is 0 Å². The number of amides is 1. The molecule has 1 amide bonds. The molecule has 0 saturated carbocycles. The SMILES string of the molecule is CCCC(CN)C(=O)Nc1cc(C)ccc1Br. The number of anilines is 1. The fraction of sp³-hybridized carbons (Fsp3) is 0.462. The van der Waals surface area contributed by atoms with Gasteiger partial charge in [-0.25, -0.2) is 0 Å². The molecule has 1 aromatic carbocycles. The summed E-state index contributed by atoms with van der Waals surface area (Å²) < 4.78 is 0.892. The Morgan fingerprint density at radius 1 is 1.53 bits per heavy atom. The molecule has 0 fully saturated rings. The molecule has 1 atom stereocenters. The maximum absolute atomic E-state index is 12.0. The first-order valence-electron chi connectivity index (χ1n) is 5.85. The van der Waals surface area contributed by atoms with Gasteiger partial charge in [-0.1, -0.05) is 19.4 Å². The van der Waals surface area contributed by atoms with E-state index in [0.29, 0.717) is 6.54 Å². The number of hydrogen-bond donors (Lipinski definition) is 2. The van der Waals surface area contributed by atoms with Crippen LogP contribution in [0.5, 0.6) is 0 Å². The van der Waals surface area contributed by atoms with Crippen LogP contribution >= 0.6 is 15.9 Å². The quantitative estimate of drug-likeness (QED) is 0.878. The molecule has 0 aliphatic heterocycles. The molecule has 1 rings (SSSR count). The molecule has 0 aliphatic carbocycles. The molecule has 0 aliphatic rings. The fourth-order valence-electron chi connectivity index (χ4n) is 1.67. The van der Waals surface area contributed by atoms with Crippen molar-refractivity contribution in [3.63, 3.8) is 0 Å². The van der Waals surface area contributed by atoms with Gasteiger partial charge in [-0.05, 0) is 47.0 Å². The number of halogens is 1. The monoisotopic (exact) mass is 298 g/mol. The van der Waals surface area contributed by atoms with E-state index in [0.717, 1.165) is 28.6 Å². The lowest BCUT2D eigenvalue weighted by Gasteiger charge is -2.15. The number of aryl methyl sites for hydroxylation is 1. The predicted molar refractivity (Wildman–Crippen MR) is 75.0 cm³/mol. The molecule has 4 heteroatoms. The molecule has 1 unspecified atom stereocenters. The number of hydrogen-bond acceptors (Lipinski definition) is 2. The van der Waals surface area contributed by atoms with Crippen LogP contribution in [-0.2, 0) is 4.79 Å². The van der Waals surface area contributed by atoms with Crippen molar-refractivity contribution in [2.45, 2.75) is 26.7 Å². The van der Waals surface area contributed by atoms with Crippen LogP contribution < -0.4 is 11.1 Å². The molecule has 0 spiro atoms. The Hall–Kier alpha value is -0.870. The minimum absolute atomic E-state index is 0.000602. The Kier molecular flexibility index (Phi) is 5.65. The van der Waals surface area contributed by atoms with Crippen molar-refractivity contribution in [2.24, 2.45) is 11.7 Å². The fourth-order valence-corrected chi connectivity index (χ4v) is 2.02. The second kappa shape index (κ2) is 6.77. The molecule has 3 N–H and O–H groups in total.